The molecule has 0 fully saturated rings. The third kappa shape index (κ3) is 13.1. The fourth-order valence-electron chi connectivity index (χ4n) is 5.87. The van der Waals surface area contributed by atoms with Crippen molar-refractivity contribution in [3.8, 4) is 0 Å². The second-order valence-corrected chi connectivity index (χ2v) is 19.8. The average molecular weight is 529 g/mol. The number of hydrogen-bond acceptors (Lipinski definition) is 3. The van der Waals surface area contributed by atoms with Crippen LogP contribution in [0.25, 0.3) is 0 Å². The summed E-state index contributed by atoms with van der Waals surface area (Å²) in [6.45, 7) is 12.3. The fraction of sp³-hybridized carbons (Fsp3) is 0.800. The van der Waals surface area contributed by atoms with Gasteiger partial charge in [-0.25, -0.2) is 0 Å². The van der Waals surface area contributed by atoms with Crippen molar-refractivity contribution in [2.24, 2.45) is 11.8 Å². The van der Waals surface area contributed by atoms with Gasteiger partial charge in [0.2, 0.25) is 0 Å². The van der Waals surface area contributed by atoms with Gasteiger partial charge in [0, 0.05) is 0 Å². The predicted molar refractivity (Wildman–Crippen MR) is 158 cm³/mol. The van der Waals surface area contributed by atoms with Crippen LogP contribution in [0.15, 0.2) is 29.2 Å². The van der Waals surface area contributed by atoms with E-state index in [1.807, 2.05) is 19.1 Å². The standard InChI is InChI=1S/C30H57O3PS/c1-8-9-10-11-12-13-14-15-16-17-18-19-24-34(7,25-27(2)3,26-28(4)5)33-35(31,32)30-22-20-29(6)21-23-30/h20-23,27-28H,8-19,24-26H2,1-7H3. The van der Waals surface area contributed by atoms with E-state index in [-0.39, 0.29) is 0 Å². The molecule has 3 nitrogen and oxygen atoms in total. The molecule has 0 unspecified atom stereocenters. The van der Waals surface area contributed by atoms with Gasteiger partial charge in [-0.05, 0) is 0 Å². The Hall–Kier alpha value is -0.440. The van der Waals surface area contributed by atoms with Crippen molar-refractivity contribution in [3.05, 3.63) is 29.8 Å². The van der Waals surface area contributed by atoms with E-state index in [1.165, 1.54) is 70.6 Å². The molecule has 0 atom stereocenters. The Balaban J connectivity index is 2.73. The molecule has 0 aliphatic rings. The van der Waals surface area contributed by atoms with Gasteiger partial charge in [0.15, 0.2) is 0 Å². The first-order valence-corrected chi connectivity index (χ1v) is 19.0. The van der Waals surface area contributed by atoms with Crippen molar-refractivity contribution in [2.45, 2.75) is 123 Å². The molecule has 0 saturated carbocycles. The second-order valence-electron chi connectivity index (χ2n) is 12.3. The molecule has 0 N–H and O–H groups in total. The summed E-state index contributed by atoms with van der Waals surface area (Å²) in [5, 5.41) is 0. The van der Waals surface area contributed by atoms with Crippen LogP contribution in [-0.4, -0.2) is 33.6 Å². The van der Waals surface area contributed by atoms with E-state index in [0.29, 0.717) is 16.7 Å². The van der Waals surface area contributed by atoms with E-state index in [9.17, 15) is 8.42 Å². The summed E-state index contributed by atoms with van der Waals surface area (Å²) in [7, 11) is -3.79. The molecule has 0 aromatic heterocycles. The molecule has 35 heavy (non-hydrogen) atoms. The van der Waals surface area contributed by atoms with Gasteiger partial charge in [-0.2, -0.15) is 0 Å². The van der Waals surface area contributed by atoms with Crippen molar-refractivity contribution in [1.29, 1.82) is 0 Å². The van der Waals surface area contributed by atoms with Crippen molar-refractivity contribution < 1.29 is 12.4 Å². The van der Waals surface area contributed by atoms with Crippen molar-refractivity contribution >= 4 is 16.9 Å². The summed E-state index contributed by atoms with van der Waals surface area (Å²) in [5.74, 6) is 0.809. The molecule has 1 aromatic carbocycles. The van der Waals surface area contributed by atoms with E-state index in [0.717, 1.165) is 30.5 Å². The minimum absolute atomic E-state index is 0.293. The summed E-state index contributed by atoms with van der Waals surface area (Å²) in [4.78, 5) is 0.293. The second kappa shape index (κ2) is 15.7. The number of unbranched alkanes of at least 4 members (excludes halogenated alkanes) is 11. The van der Waals surface area contributed by atoms with E-state index in [1.54, 1.807) is 12.1 Å². The quantitative estimate of drug-likeness (QED) is 0.125. The molecular weight excluding hydrogens is 471 g/mol. The predicted octanol–water partition coefficient (Wildman–Crippen LogP) is 9.81. The molecule has 206 valence electrons. The van der Waals surface area contributed by atoms with Crippen LogP contribution in [0.4, 0.5) is 0 Å². The zero-order chi connectivity index (χ0) is 26.4. The first-order valence-electron chi connectivity index (χ1n) is 14.4. The summed E-state index contributed by atoms with van der Waals surface area (Å²) < 4.78 is 33.4. The molecular formula is C30H57O3PS. The zero-order valence-corrected chi connectivity index (χ0v) is 25.9. The Morgan fingerprint density at radius 2 is 1.11 bits per heavy atom. The van der Waals surface area contributed by atoms with Crippen LogP contribution >= 0.6 is 6.83 Å². The molecule has 0 aliphatic heterocycles. The summed E-state index contributed by atoms with van der Waals surface area (Å²) in [6.07, 6.45) is 18.4. The van der Waals surface area contributed by atoms with Gasteiger partial charge in [0.1, 0.15) is 0 Å². The van der Waals surface area contributed by atoms with Crippen LogP contribution in [0.5, 0.6) is 0 Å². The number of benzene rings is 1. The first-order chi connectivity index (χ1) is 16.4. The maximum atomic E-state index is 13.5. The monoisotopic (exact) mass is 528 g/mol. The Morgan fingerprint density at radius 3 is 1.51 bits per heavy atom. The number of hydrogen-bond donors (Lipinski definition) is 0. The van der Waals surface area contributed by atoms with Crippen LogP contribution in [-0.2, 0) is 14.1 Å². The molecule has 0 spiro atoms. The Morgan fingerprint density at radius 1 is 0.714 bits per heavy atom. The van der Waals surface area contributed by atoms with Crippen LogP contribution in [0.2, 0.25) is 0 Å². The number of rotatable bonds is 20. The molecule has 0 radical (unpaired) electrons. The molecule has 0 bridgehead atoms. The van der Waals surface area contributed by atoms with Gasteiger partial charge in [-0.3, -0.25) is 0 Å². The van der Waals surface area contributed by atoms with Gasteiger partial charge < -0.3 is 0 Å². The molecule has 0 aliphatic carbocycles. The molecule has 1 aromatic rings. The fourth-order valence-corrected chi connectivity index (χ4v) is 15.7. The molecule has 0 amide bonds. The van der Waals surface area contributed by atoms with Crippen LogP contribution in [0.1, 0.15) is 117 Å². The summed E-state index contributed by atoms with van der Waals surface area (Å²) >= 11 is 0. The summed E-state index contributed by atoms with van der Waals surface area (Å²) in [5.41, 5.74) is 1.05. The van der Waals surface area contributed by atoms with E-state index < -0.39 is 16.9 Å². The Bertz CT molecular complexity index is 789. The van der Waals surface area contributed by atoms with Crippen LogP contribution < -0.4 is 0 Å². The van der Waals surface area contributed by atoms with Crippen molar-refractivity contribution in [1.82, 2.24) is 0 Å². The van der Waals surface area contributed by atoms with E-state index in [4.69, 9.17) is 3.97 Å². The Kier molecular flexibility index (Phi) is 14.6. The van der Waals surface area contributed by atoms with Crippen molar-refractivity contribution in [2.75, 3.05) is 25.2 Å². The van der Waals surface area contributed by atoms with Gasteiger partial charge in [0.05, 0.1) is 0 Å². The van der Waals surface area contributed by atoms with Crippen molar-refractivity contribution in [3.63, 3.8) is 0 Å². The third-order valence-electron chi connectivity index (χ3n) is 7.04. The topological polar surface area (TPSA) is 43.4 Å². The van der Waals surface area contributed by atoms with Gasteiger partial charge in [-0.1, -0.05) is 13.3 Å². The molecule has 5 heteroatoms. The normalized spacial score (nSPS) is 13.9. The van der Waals surface area contributed by atoms with Gasteiger partial charge >= 0.3 is 206 Å². The van der Waals surface area contributed by atoms with Crippen LogP contribution in [0.3, 0.4) is 0 Å². The third-order valence-corrected chi connectivity index (χ3v) is 15.6. The summed E-state index contributed by atoms with van der Waals surface area (Å²) in [6, 6.07) is 7.11. The van der Waals surface area contributed by atoms with Gasteiger partial charge in [0.25, 0.3) is 0 Å². The molecule has 1 rings (SSSR count). The van der Waals surface area contributed by atoms with E-state index >= 15 is 0 Å². The molecule has 0 heterocycles. The molecule has 0 saturated heterocycles. The van der Waals surface area contributed by atoms with Crippen LogP contribution in [0, 0.1) is 18.8 Å². The van der Waals surface area contributed by atoms with E-state index in [2.05, 4.69) is 41.3 Å². The zero-order valence-electron chi connectivity index (χ0n) is 24.2. The number of aryl methyl sites for hydroxylation is 1. The Labute approximate surface area is 219 Å². The SMILES string of the molecule is CCCCCCCCCCCCCCP(C)(CC(C)C)(CC(C)C)OS(=O)(=O)c1ccc(C)cc1. The van der Waals surface area contributed by atoms with Gasteiger partial charge in [-0.15, -0.1) is 0 Å². The average Bonchev–Trinajstić information content (AvgIpc) is 2.73. The first kappa shape index (κ1) is 32.6. The maximum absolute atomic E-state index is 13.5. The minimum atomic E-state index is -3.79.